The van der Waals surface area contributed by atoms with Gasteiger partial charge in [0.1, 0.15) is 5.75 Å². The number of hydrogen-bond donors (Lipinski definition) is 0. The Labute approximate surface area is 158 Å². The van der Waals surface area contributed by atoms with E-state index in [0.717, 1.165) is 12.0 Å². The van der Waals surface area contributed by atoms with Crippen molar-refractivity contribution in [3.8, 4) is 5.75 Å². The summed E-state index contributed by atoms with van der Waals surface area (Å²) in [5.41, 5.74) is 2.11. The summed E-state index contributed by atoms with van der Waals surface area (Å²) >= 11 is 5.11. The number of thiocarbonyl (C=S) groups is 1. The number of ether oxygens (including phenoxy) is 1. The molecule has 0 aromatic heterocycles. The Hall–Kier alpha value is -2.73. The predicted octanol–water partition coefficient (Wildman–Crippen LogP) is 3.14. The minimum absolute atomic E-state index is 0.202. The van der Waals surface area contributed by atoms with E-state index in [2.05, 4.69) is 0 Å². The highest BCUT2D eigenvalue weighted by molar-refractivity contribution is 7.80. The van der Waals surface area contributed by atoms with Crippen LogP contribution in [0.1, 0.15) is 32.7 Å². The van der Waals surface area contributed by atoms with Crippen LogP contribution < -0.4 is 4.74 Å². The third kappa shape index (κ3) is 3.75. The summed E-state index contributed by atoms with van der Waals surface area (Å²) in [5, 5.41) is 0.406. The van der Waals surface area contributed by atoms with E-state index < -0.39 is 0 Å². The van der Waals surface area contributed by atoms with Gasteiger partial charge in [0.25, 0.3) is 17.0 Å². The monoisotopic (exact) mass is 368 g/mol. The number of imide groups is 1. The quantitative estimate of drug-likeness (QED) is 0.599. The average Bonchev–Trinajstić information content (AvgIpc) is 2.88. The number of hydrogen-bond acceptors (Lipinski definition) is 4. The van der Waals surface area contributed by atoms with Gasteiger partial charge < -0.3 is 9.64 Å². The third-order valence-corrected chi connectivity index (χ3v) is 4.67. The Morgan fingerprint density at radius 2 is 1.58 bits per heavy atom. The number of rotatable bonds is 5. The SMILES string of the molecule is CN(C)C(=S)Oc1ccc(CCCN2C(=O)c3ccccc3C2=O)cc1. The predicted molar refractivity (Wildman–Crippen MR) is 103 cm³/mol. The molecule has 2 aromatic rings. The number of benzene rings is 2. The van der Waals surface area contributed by atoms with Gasteiger partial charge in [0.2, 0.25) is 0 Å². The fraction of sp³-hybridized carbons (Fsp3) is 0.250. The fourth-order valence-corrected chi connectivity index (χ4v) is 2.90. The highest BCUT2D eigenvalue weighted by Crippen LogP contribution is 2.23. The molecule has 5 nitrogen and oxygen atoms in total. The molecule has 3 rings (SSSR count). The van der Waals surface area contributed by atoms with Crippen molar-refractivity contribution in [1.29, 1.82) is 0 Å². The lowest BCUT2D eigenvalue weighted by Gasteiger charge is -2.15. The van der Waals surface area contributed by atoms with Crippen molar-refractivity contribution in [2.24, 2.45) is 0 Å². The maximum Gasteiger partial charge on any atom is 0.264 e. The van der Waals surface area contributed by atoms with Gasteiger partial charge in [-0.1, -0.05) is 24.3 Å². The van der Waals surface area contributed by atoms with Crippen LogP contribution in [0.4, 0.5) is 0 Å². The first kappa shape index (κ1) is 18.1. The van der Waals surface area contributed by atoms with Gasteiger partial charge in [-0.2, -0.15) is 0 Å². The molecule has 0 bridgehead atoms. The number of aryl methyl sites for hydroxylation is 1. The molecular weight excluding hydrogens is 348 g/mol. The van der Waals surface area contributed by atoms with Crippen molar-refractivity contribution in [3.63, 3.8) is 0 Å². The van der Waals surface area contributed by atoms with Gasteiger partial charge in [0.15, 0.2) is 0 Å². The molecule has 0 radical (unpaired) electrons. The van der Waals surface area contributed by atoms with Gasteiger partial charge in [0.05, 0.1) is 11.1 Å². The lowest BCUT2D eigenvalue weighted by Crippen LogP contribution is -2.30. The van der Waals surface area contributed by atoms with Crippen molar-refractivity contribution in [2.45, 2.75) is 12.8 Å². The van der Waals surface area contributed by atoms with Gasteiger partial charge in [0, 0.05) is 20.6 Å². The van der Waals surface area contributed by atoms with Crippen LogP contribution >= 0.6 is 12.2 Å². The van der Waals surface area contributed by atoms with Gasteiger partial charge in [-0.15, -0.1) is 0 Å². The van der Waals surface area contributed by atoms with E-state index in [1.807, 2.05) is 38.4 Å². The molecule has 1 aliphatic rings. The Kier molecular flexibility index (Phi) is 5.32. The molecule has 0 spiro atoms. The van der Waals surface area contributed by atoms with E-state index in [-0.39, 0.29) is 11.8 Å². The number of fused-ring (bicyclic) bond motifs is 1. The first-order valence-corrected chi connectivity index (χ1v) is 8.81. The molecule has 0 atom stereocenters. The molecule has 0 aliphatic carbocycles. The van der Waals surface area contributed by atoms with Gasteiger partial charge in [-0.05, 0) is 54.9 Å². The average molecular weight is 368 g/mol. The van der Waals surface area contributed by atoms with E-state index in [0.29, 0.717) is 35.0 Å². The minimum atomic E-state index is -0.202. The molecule has 1 heterocycles. The highest BCUT2D eigenvalue weighted by Gasteiger charge is 2.34. The molecule has 0 fully saturated rings. The molecule has 0 saturated carbocycles. The first-order chi connectivity index (χ1) is 12.5. The number of amides is 2. The molecule has 26 heavy (non-hydrogen) atoms. The second kappa shape index (κ2) is 7.66. The zero-order chi connectivity index (χ0) is 18.7. The van der Waals surface area contributed by atoms with Crippen molar-refractivity contribution in [3.05, 3.63) is 65.2 Å². The Balaban J connectivity index is 1.54. The van der Waals surface area contributed by atoms with Crippen LogP contribution in [0.5, 0.6) is 5.75 Å². The molecule has 0 saturated heterocycles. The Morgan fingerprint density at radius 1 is 1.00 bits per heavy atom. The molecule has 134 valence electrons. The van der Waals surface area contributed by atoms with Crippen molar-refractivity contribution in [1.82, 2.24) is 9.80 Å². The van der Waals surface area contributed by atoms with Crippen LogP contribution in [-0.4, -0.2) is 47.4 Å². The van der Waals surface area contributed by atoms with E-state index in [4.69, 9.17) is 17.0 Å². The molecule has 0 N–H and O–H groups in total. The molecule has 6 heteroatoms. The zero-order valence-corrected chi connectivity index (χ0v) is 15.6. The van der Waals surface area contributed by atoms with E-state index in [9.17, 15) is 9.59 Å². The second-order valence-electron chi connectivity index (χ2n) is 6.32. The maximum atomic E-state index is 12.3. The van der Waals surface area contributed by atoms with Crippen LogP contribution in [0, 0.1) is 0 Å². The topological polar surface area (TPSA) is 49.9 Å². The van der Waals surface area contributed by atoms with Gasteiger partial charge >= 0.3 is 0 Å². The zero-order valence-electron chi connectivity index (χ0n) is 14.8. The third-order valence-electron chi connectivity index (χ3n) is 4.22. The number of carbonyl (C=O) groups is 2. The Bertz CT molecular complexity index is 811. The first-order valence-electron chi connectivity index (χ1n) is 8.40. The Morgan fingerprint density at radius 3 is 2.12 bits per heavy atom. The second-order valence-corrected chi connectivity index (χ2v) is 6.67. The molecule has 0 unspecified atom stereocenters. The maximum absolute atomic E-state index is 12.3. The summed E-state index contributed by atoms with van der Waals surface area (Å²) in [7, 11) is 3.66. The van der Waals surface area contributed by atoms with Crippen LogP contribution in [0.2, 0.25) is 0 Å². The van der Waals surface area contributed by atoms with Crippen LogP contribution in [0.25, 0.3) is 0 Å². The summed E-state index contributed by atoms with van der Waals surface area (Å²) < 4.78 is 5.54. The van der Waals surface area contributed by atoms with Crippen molar-refractivity contribution < 1.29 is 14.3 Å². The summed E-state index contributed by atoms with van der Waals surface area (Å²) in [4.78, 5) is 27.7. The van der Waals surface area contributed by atoms with E-state index >= 15 is 0 Å². The fourth-order valence-electron chi connectivity index (χ4n) is 2.80. The minimum Gasteiger partial charge on any atom is -0.432 e. The van der Waals surface area contributed by atoms with Crippen LogP contribution in [0.15, 0.2) is 48.5 Å². The summed E-state index contributed by atoms with van der Waals surface area (Å²) in [5.74, 6) is 0.283. The largest absolute Gasteiger partial charge is 0.432 e. The molecule has 1 aliphatic heterocycles. The lowest BCUT2D eigenvalue weighted by atomic mass is 10.1. The van der Waals surface area contributed by atoms with Crippen LogP contribution in [0.3, 0.4) is 0 Å². The molecule has 2 aromatic carbocycles. The lowest BCUT2D eigenvalue weighted by molar-refractivity contribution is 0.0652. The molecule has 2 amide bonds. The highest BCUT2D eigenvalue weighted by atomic mass is 32.1. The van der Waals surface area contributed by atoms with Crippen molar-refractivity contribution >= 4 is 29.2 Å². The van der Waals surface area contributed by atoms with Gasteiger partial charge in [-0.25, -0.2) is 0 Å². The standard InChI is InChI=1S/C20H20N2O3S/c1-21(2)20(26)25-15-11-9-14(10-12-15)6-5-13-22-18(23)16-7-3-4-8-17(16)19(22)24/h3-4,7-12H,5-6,13H2,1-2H3. The van der Waals surface area contributed by atoms with Crippen molar-refractivity contribution in [2.75, 3.05) is 20.6 Å². The van der Waals surface area contributed by atoms with E-state index in [1.54, 1.807) is 29.2 Å². The van der Waals surface area contributed by atoms with Gasteiger partial charge in [-0.3, -0.25) is 14.5 Å². The molecular formula is C20H20N2O3S. The summed E-state index contributed by atoms with van der Waals surface area (Å²) in [6.07, 6.45) is 1.48. The number of carbonyl (C=O) groups excluding carboxylic acids is 2. The summed E-state index contributed by atoms with van der Waals surface area (Å²) in [6, 6.07) is 14.6. The van der Waals surface area contributed by atoms with Crippen LogP contribution in [-0.2, 0) is 6.42 Å². The summed E-state index contributed by atoms with van der Waals surface area (Å²) in [6.45, 7) is 0.412. The normalized spacial score (nSPS) is 12.9. The smallest absolute Gasteiger partial charge is 0.264 e. The van der Waals surface area contributed by atoms with E-state index in [1.165, 1.54) is 4.90 Å². The number of nitrogens with zero attached hydrogens (tertiary/aromatic N) is 2.